The maximum absolute atomic E-state index is 13.1. The quantitative estimate of drug-likeness (QED) is 0.663. The maximum atomic E-state index is 13.1. The molecule has 3 amide bonds. The number of piperidine rings is 1. The summed E-state index contributed by atoms with van der Waals surface area (Å²) >= 11 is 6.25. The van der Waals surface area contributed by atoms with Crippen LogP contribution in [0.3, 0.4) is 0 Å². The smallest absolute Gasteiger partial charge is 0.283 e. The van der Waals surface area contributed by atoms with Gasteiger partial charge in [0.25, 0.3) is 17.7 Å². The van der Waals surface area contributed by atoms with Crippen LogP contribution in [0.1, 0.15) is 35.7 Å². The number of likely N-dealkylation sites (tertiary alicyclic amines) is 1. The molecule has 8 heteroatoms. The van der Waals surface area contributed by atoms with Crippen molar-refractivity contribution in [2.24, 2.45) is 5.92 Å². The number of carbonyl (C=O) groups is 3. The highest BCUT2D eigenvalue weighted by atomic mass is 35.5. The third-order valence-electron chi connectivity index (χ3n) is 5.95. The molecule has 1 atom stereocenters. The number of aryl methyl sites for hydroxylation is 1. The number of amides is 3. The fraction of sp³-hybridized carbons (Fsp3) is 0.320. The van der Waals surface area contributed by atoms with Gasteiger partial charge < -0.3 is 15.0 Å². The number of anilines is 2. The molecule has 0 aliphatic carbocycles. The van der Waals surface area contributed by atoms with Crippen molar-refractivity contribution in [1.82, 2.24) is 4.90 Å². The Kier molecular flexibility index (Phi) is 6.42. The molecule has 2 heterocycles. The maximum Gasteiger partial charge on any atom is 0.283 e. The first kappa shape index (κ1) is 22.9. The number of carbonyl (C=O) groups excluding carboxylic acids is 3. The Labute approximate surface area is 198 Å². The number of rotatable bonds is 5. The molecule has 2 aromatic carbocycles. The molecule has 7 nitrogen and oxygen atoms in total. The van der Waals surface area contributed by atoms with E-state index in [1.165, 1.54) is 7.11 Å². The van der Waals surface area contributed by atoms with Crippen LogP contribution in [-0.4, -0.2) is 42.8 Å². The summed E-state index contributed by atoms with van der Waals surface area (Å²) in [7, 11) is 1.47. The fourth-order valence-corrected chi connectivity index (χ4v) is 4.41. The highest BCUT2D eigenvalue weighted by Gasteiger charge is 2.40. The van der Waals surface area contributed by atoms with Crippen molar-refractivity contribution in [2.45, 2.75) is 26.7 Å². The minimum absolute atomic E-state index is 0.00446. The van der Waals surface area contributed by atoms with Crippen molar-refractivity contribution < 1.29 is 19.1 Å². The SMILES string of the molecule is COc1ccc(C)cc1N1C(=O)C(Cl)=C(Nc2ccc(C(=O)N3CCCC(C)C3)cc2)C1=O. The Bertz CT molecular complexity index is 1140. The van der Waals surface area contributed by atoms with Gasteiger partial charge in [0.1, 0.15) is 16.5 Å². The van der Waals surface area contributed by atoms with Gasteiger partial charge in [0, 0.05) is 24.3 Å². The number of nitrogens with zero attached hydrogens (tertiary/aromatic N) is 2. The molecule has 4 rings (SSSR count). The van der Waals surface area contributed by atoms with E-state index < -0.39 is 11.8 Å². The van der Waals surface area contributed by atoms with Gasteiger partial charge in [0.15, 0.2) is 0 Å². The third-order valence-corrected chi connectivity index (χ3v) is 6.30. The topological polar surface area (TPSA) is 79.0 Å². The molecule has 1 unspecified atom stereocenters. The van der Waals surface area contributed by atoms with E-state index in [4.69, 9.17) is 16.3 Å². The molecular formula is C25H26ClN3O4. The molecule has 0 aromatic heterocycles. The molecule has 33 heavy (non-hydrogen) atoms. The lowest BCUT2D eigenvalue weighted by molar-refractivity contribution is -0.120. The number of ether oxygens (including phenoxy) is 1. The van der Waals surface area contributed by atoms with E-state index in [0.29, 0.717) is 28.6 Å². The Morgan fingerprint density at radius 1 is 1.12 bits per heavy atom. The molecule has 1 N–H and O–H groups in total. The Balaban J connectivity index is 1.52. The highest BCUT2D eigenvalue weighted by molar-refractivity contribution is 6.53. The molecule has 2 aliphatic heterocycles. The number of hydrogen-bond donors (Lipinski definition) is 1. The predicted molar refractivity (Wildman–Crippen MR) is 127 cm³/mol. The Morgan fingerprint density at radius 3 is 2.52 bits per heavy atom. The lowest BCUT2D eigenvalue weighted by Gasteiger charge is -2.31. The number of benzene rings is 2. The minimum Gasteiger partial charge on any atom is -0.495 e. The first-order valence-corrected chi connectivity index (χ1v) is 11.3. The molecule has 2 aromatic rings. The fourth-order valence-electron chi connectivity index (χ4n) is 4.20. The predicted octanol–water partition coefficient (Wildman–Crippen LogP) is 4.31. The molecule has 172 valence electrons. The van der Waals surface area contributed by atoms with Crippen molar-refractivity contribution in [3.05, 3.63) is 64.3 Å². The van der Waals surface area contributed by atoms with Crippen molar-refractivity contribution in [3.63, 3.8) is 0 Å². The van der Waals surface area contributed by atoms with Crippen LogP contribution >= 0.6 is 11.6 Å². The zero-order chi connectivity index (χ0) is 23.7. The average molecular weight is 468 g/mol. The third kappa shape index (κ3) is 4.46. The summed E-state index contributed by atoms with van der Waals surface area (Å²) in [5.74, 6) is -0.313. The molecule has 2 aliphatic rings. The van der Waals surface area contributed by atoms with E-state index >= 15 is 0 Å². The molecule has 1 fully saturated rings. The van der Waals surface area contributed by atoms with Gasteiger partial charge in [0.05, 0.1) is 12.8 Å². The van der Waals surface area contributed by atoms with Crippen molar-refractivity contribution in [2.75, 3.05) is 30.4 Å². The van der Waals surface area contributed by atoms with E-state index in [1.807, 2.05) is 17.9 Å². The van der Waals surface area contributed by atoms with E-state index in [0.717, 1.165) is 36.4 Å². The molecule has 0 radical (unpaired) electrons. The van der Waals surface area contributed by atoms with E-state index in [2.05, 4.69) is 12.2 Å². The molecular weight excluding hydrogens is 442 g/mol. The monoisotopic (exact) mass is 467 g/mol. The molecule has 0 saturated carbocycles. The number of nitrogens with one attached hydrogen (secondary N) is 1. The van der Waals surface area contributed by atoms with Gasteiger partial charge in [-0.3, -0.25) is 14.4 Å². The van der Waals surface area contributed by atoms with Crippen molar-refractivity contribution >= 4 is 40.7 Å². The van der Waals surface area contributed by atoms with Gasteiger partial charge in [-0.2, -0.15) is 0 Å². The van der Waals surface area contributed by atoms with Crippen LogP contribution in [0.15, 0.2) is 53.2 Å². The molecule has 0 bridgehead atoms. The van der Waals surface area contributed by atoms with Crippen molar-refractivity contribution in [1.29, 1.82) is 0 Å². The second-order valence-corrected chi connectivity index (χ2v) is 8.89. The van der Waals surface area contributed by atoms with Gasteiger partial charge in [-0.15, -0.1) is 0 Å². The summed E-state index contributed by atoms with van der Waals surface area (Å²) in [6.07, 6.45) is 2.15. The van der Waals surface area contributed by atoms with Crippen molar-refractivity contribution in [3.8, 4) is 5.75 Å². The first-order chi connectivity index (χ1) is 15.8. The van der Waals surface area contributed by atoms with Crippen LogP contribution in [0.5, 0.6) is 5.75 Å². The summed E-state index contributed by atoms with van der Waals surface area (Å²) in [6, 6.07) is 12.0. The van der Waals surface area contributed by atoms with Crippen LogP contribution in [0.2, 0.25) is 0 Å². The number of halogens is 1. The molecule has 1 saturated heterocycles. The number of hydrogen-bond acceptors (Lipinski definition) is 5. The minimum atomic E-state index is -0.626. The highest BCUT2D eigenvalue weighted by Crippen LogP contribution is 2.36. The first-order valence-electron chi connectivity index (χ1n) is 10.9. The van der Waals surface area contributed by atoms with E-state index in [1.54, 1.807) is 36.4 Å². The van der Waals surface area contributed by atoms with Crippen LogP contribution in [0.25, 0.3) is 0 Å². The van der Waals surface area contributed by atoms with Gasteiger partial charge in [0.2, 0.25) is 0 Å². The Morgan fingerprint density at radius 2 is 1.85 bits per heavy atom. The largest absolute Gasteiger partial charge is 0.495 e. The summed E-state index contributed by atoms with van der Waals surface area (Å²) in [4.78, 5) is 41.6. The number of methoxy groups -OCH3 is 1. The normalized spacial score (nSPS) is 18.7. The Hall–Kier alpha value is -3.32. The van der Waals surface area contributed by atoms with E-state index in [9.17, 15) is 14.4 Å². The van der Waals surface area contributed by atoms with Crippen LogP contribution in [0.4, 0.5) is 11.4 Å². The lowest BCUT2D eigenvalue weighted by atomic mass is 9.99. The zero-order valence-electron chi connectivity index (χ0n) is 18.9. The zero-order valence-corrected chi connectivity index (χ0v) is 19.6. The summed E-state index contributed by atoms with van der Waals surface area (Å²) in [6.45, 7) is 5.53. The summed E-state index contributed by atoms with van der Waals surface area (Å²) < 4.78 is 5.33. The standard InChI is InChI=1S/C25H26ClN3O4/c1-15-6-11-20(33-3)19(13-15)29-24(31)21(26)22(25(29)32)27-18-9-7-17(8-10-18)23(30)28-12-4-5-16(2)14-28/h6-11,13,16,27H,4-5,12,14H2,1-3H3. The number of imide groups is 1. The summed E-state index contributed by atoms with van der Waals surface area (Å²) in [5.41, 5.74) is 2.31. The average Bonchev–Trinajstić information content (AvgIpc) is 3.02. The summed E-state index contributed by atoms with van der Waals surface area (Å²) in [5, 5.41) is 2.74. The van der Waals surface area contributed by atoms with E-state index in [-0.39, 0.29) is 16.6 Å². The van der Waals surface area contributed by atoms with Crippen LogP contribution in [0, 0.1) is 12.8 Å². The van der Waals surface area contributed by atoms with Gasteiger partial charge in [-0.05, 0) is 67.6 Å². The lowest BCUT2D eigenvalue weighted by Crippen LogP contribution is -2.39. The second kappa shape index (κ2) is 9.27. The van der Waals surface area contributed by atoms with Gasteiger partial charge in [-0.1, -0.05) is 24.6 Å². The van der Waals surface area contributed by atoms with Crippen LogP contribution in [-0.2, 0) is 9.59 Å². The van der Waals surface area contributed by atoms with Crippen LogP contribution < -0.4 is 15.0 Å². The van der Waals surface area contributed by atoms with Gasteiger partial charge >= 0.3 is 0 Å². The van der Waals surface area contributed by atoms with Gasteiger partial charge in [-0.25, -0.2) is 4.90 Å². The second-order valence-electron chi connectivity index (χ2n) is 8.51. The molecule has 0 spiro atoms.